The van der Waals surface area contributed by atoms with Crippen LogP contribution in [0.1, 0.15) is 37.8 Å². The number of phenolic OH excluding ortho intramolecular Hbond substituents is 2. The number of carbonyl (C=O) groups excluding carboxylic acids is 2. The molecule has 0 aromatic heterocycles. The van der Waals surface area contributed by atoms with E-state index < -0.39 is 23.6 Å². The number of halogens is 1. The first-order chi connectivity index (χ1) is 15.4. The number of hydrogen-bond donors (Lipinski definition) is 3. The molecular formula is C26H24FNO4. The van der Waals surface area contributed by atoms with Crippen molar-refractivity contribution in [2.24, 2.45) is 11.8 Å². The summed E-state index contributed by atoms with van der Waals surface area (Å²) < 4.78 is 14.5. The third kappa shape index (κ3) is 4.14. The molecule has 0 unspecified atom stereocenters. The topological polar surface area (TPSA) is 86.6 Å². The van der Waals surface area contributed by atoms with Crippen molar-refractivity contribution in [1.29, 1.82) is 0 Å². The minimum absolute atomic E-state index is 0.0227. The maximum absolute atomic E-state index is 14.5. The van der Waals surface area contributed by atoms with E-state index in [0.29, 0.717) is 35.3 Å². The van der Waals surface area contributed by atoms with Crippen LogP contribution in [0.3, 0.4) is 0 Å². The van der Waals surface area contributed by atoms with Crippen LogP contribution in [0.4, 0.5) is 4.39 Å². The maximum atomic E-state index is 14.5. The highest BCUT2D eigenvalue weighted by atomic mass is 19.1. The molecule has 1 fully saturated rings. The fraction of sp³-hybridized carbons (Fsp3) is 0.231. The molecule has 1 heterocycles. The first-order valence-electron chi connectivity index (χ1n) is 10.5. The van der Waals surface area contributed by atoms with E-state index in [-0.39, 0.29) is 23.1 Å². The number of Topliss-reactive ketones (excluding diaryl/α,β-unsaturated/α-hetero) is 2. The summed E-state index contributed by atoms with van der Waals surface area (Å²) in [6.45, 7) is 2.29. The van der Waals surface area contributed by atoms with Crippen molar-refractivity contribution in [3.05, 3.63) is 94.8 Å². The largest absolute Gasteiger partial charge is 0.508 e. The van der Waals surface area contributed by atoms with Gasteiger partial charge in [-0.25, -0.2) is 4.39 Å². The van der Waals surface area contributed by atoms with Gasteiger partial charge >= 0.3 is 0 Å². The van der Waals surface area contributed by atoms with Gasteiger partial charge in [0.2, 0.25) is 0 Å². The number of rotatable bonds is 5. The van der Waals surface area contributed by atoms with E-state index in [0.717, 1.165) is 0 Å². The Labute approximate surface area is 185 Å². The zero-order valence-corrected chi connectivity index (χ0v) is 17.6. The quantitative estimate of drug-likeness (QED) is 0.524. The van der Waals surface area contributed by atoms with E-state index in [9.17, 15) is 24.2 Å². The standard InChI is InChI=1S/C26H24FNO4/c1-15-20(9-4-10-23(15)27)24-21(25(31)16-5-2-7-18(29)11-16)13-28-14-22(24)26(32)17-6-3-8-19(30)12-17/h2-12,21-22,24,28-30H,13-14H2,1H3/t21-,22+,24+. The fourth-order valence-electron chi connectivity index (χ4n) is 4.61. The number of carbonyl (C=O) groups is 2. The Morgan fingerprint density at radius 2 is 1.34 bits per heavy atom. The number of aromatic hydroxyl groups is 2. The molecule has 5 nitrogen and oxygen atoms in total. The zero-order valence-electron chi connectivity index (χ0n) is 17.6. The van der Waals surface area contributed by atoms with Crippen molar-refractivity contribution < 1.29 is 24.2 Å². The van der Waals surface area contributed by atoms with E-state index in [1.165, 1.54) is 30.3 Å². The van der Waals surface area contributed by atoms with Crippen LogP contribution in [-0.2, 0) is 0 Å². The summed E-state index contributed by atoms with van der Waals surface area (Å²) in [4.78, 5) is 27.0. The zero-order chi connectivity index (χ0) is 22.8. The minimum Gasteiger partial charge on any atom is -0.508 e. The second-order valence-electron chi connectivity index (χ2n) is 8.18. The van der Waals surface area contributed by atoms with Gasteiger partial charge in [0, 0.05) is 42.0 Å². The van der Waals surface area contributed by atoms with E-state index in [4.69, 9.17) is 0 Å². The highest BCUT2D eigenvalue weighted by Gasteiger charge is 2.43. The summed E-state index contributed by atoms with van der Waals surface area (Å²) in [7, 11) is 0. The van der Waals surface area contributed by atoms with Gasteiger partial charge in [0.05, 0.1) is 0 Å². The van der Waals surface area contributed by atoms with Crippen molar-refractivity contribution in [2.75, 3.05) is 13.1 Å². The van der Waals surface area contributed by atoms with Crippen LogP contribution in [-0.4, -0.2) is 34.9 Å². The summed E-state index contributed by atoms with van der Waals surface area (Å²) >= 11 is 0. The third-order valence-electron chi connectivity index (χ3n) is 6.20. The SMILES string of the molecule is Cc1c(F)cccc1[C@@H]1[C@@H](C(=O)c2cccc(O)c2)CNC[C@H]1C(=O)c1cccc(O)c1. The van der Waals surface area contributed by atoms with Crippen LogP contribution >= 0.6 is 0 Å². The molecule has 3 atom stereocenters. The Morgan fingerprint density at radius 1 is 0.844 bits per heavy atom. The van der Waals surface area contributed by atoms with Crippen LogP contribution in [0.15, 0.2) is 66.7 Å². The van der Waals surface area contributed by atoms with Gasteiger partial charge in [-0.2, -0.15) is 0 Å². The second kappa shape index (κ2) is 8.93. The van der Waals surface area contributed by atoms with Gasteiger partial charge in [0.25, 0.3) is 0 Å². The predicted octanol–water partition coefficient (Wildman–Crippen LogP) is 4.23. The van der Waals surface area contributed by atoms with Crippen molar-refractivity contribution in [1.82, 2.24) is 5.32 Å². The van der Waals surface area contributed by atoms with Crippen molar-refractivity contribution >= 4 is 11.6 Å². The molecule has 0 aliphatic carbocycles. The van der Waals surface area contributed by atoms with E-state index in [1.807, 2.05) is 0 Å². The molecule has 1 aliphatic rings. The number of hydrogen-bond acceptors (Lipinski definition) is 5. The molecular weight excluding hydrogens is 409 g/mol. The molecule has 3 N–H and O–H groups in total. The van der Waals surface area contributed by atoms with Gasteiger partial charge in [-0.15, -0.1) is 0 Å². The summed E-state index contributed by atoms with van der Waals surface area (Å²) in [5, 5.41) is 22.9. The van der Waals surface area contributed by atoms with Gasteiger partial charge in [-0.3, -0.25) is 9.59 Å². The minimum atomic E-state index is -0.641. The Kier molecular flexibility index (Phi) is 6.06. The lowest BCUT2D eigenvalue weighted by molar-refractivity contribution is 0.0767. The highest BCUT2D eigenvalue weighted by Crippen LogP contribution is 2.40. The molecule has 3 aromatic rings. The van der Waals surface area contributed by atoms with E-state index in [1.54, 1.807) is 43.3 Å². The summed E-state index contributed by atoms with van der Waals surface area (Å²) in [6.07, 6.45) is 0. The maximum Gasteiger partial charge on any atom is 0.167 e. The summed E-state index contributed by atoms with van der Waals surface area (Å²) in [6, 6.07) is 16.9. The molecule has 1 saturated heterocycles. The second-order valence-corrected chi connectivity index (χ2v) is 8.18. The van der Waals surface area contributed by atoms with Crippen LogP contribution in [0.5, 0.6) is 11.5 Å². The molecule has 0 spiro atoms. The molecule has 164 valence electrons. The Balaban J connectivity index is 1.81. The lowest BCUT2D eigenvalue weighted by Gasteiger charge is -2.38. The molecule has 32 heavy (non-hydrogen) atoms. The lowest BCUT2D eigenvalue weighted by atomic mass is 9.68. The first kappa shape index (κ1) is 21.7. The van der Waals surface area contributed by atoms with Crippen molar-refractivity contribution in [3.8, 4) is 11.5 Å². The Bertz CT molecular complexity index is 1110. The van der Waals surface area contributed by atoms with Crippen LogP contribution in [0.2, 0.25) is 0 Å². The molecule has 0 amide bonds. The smallest absolute Gasteiger partial charge is 0.167 e. The van der Waals surface area contributed by atoms with Gasteiger partial charge in [-0.05, 0) is 48.4 Å². The van der Waals surface area contributed by atoms with Gasteiger partial charge in [-0.1, -0.05) is 36.4 Å². The number of ketones is 2. The van der Waals surface area contributed by atoms with Gasteiger partial charge in [0.1, 0.15) is 17.3 Å². The Hall–Kier alpha value is -3.51. The lowest BCUT2D eigenvalue weighted by Crippen LogP contribution is -2.48. The van der Waals surface area contributed by atoms with Crippen LogP contribution < -0.4 is 5.32 Å². The molecule has 0 saturated carbocycles. The summed E-state index contributed by atoms with van der Waals surface area (Å²) in [5.41, 5.74) is 1.69. The van der Waals surface area contributed by atoms with Gasteiger partial charge < -0.3 is 15.5 Å². The van der Waals surface area contributed by atoms with Crippen LogP contribution in [0.25, 0.3) is 0 Å². The molecule has 0 radical (unpaired) electrons. The summed E-state index contributed by atoms with van der Waals surface area (Å²) in [5.74, 6) is -2.75. The van der Waals surface area contributed by atoms with E-state index in [2.05, 4.69) is 5.32 Å². The average Bonchev–Trinajstić information content (AvgIpc) is 2.79. The van der Waals surface area contributed by atoms with Crippen LogP contribution in [0, 0.1) is 24.6 Å². The van der Waals surface area contributed by atoms with Gasteiger partial charge in [0.15, 0.2) is 11.6 Å². The molecule has 3 aromatic carbocycles. The monoisotopic (exact) mass is 433 g/mol. The third-order valence-corrected chi connectivity index (χ3v) is 6.20. The number of benzene rings is 3. The molecule has 6 heteroatoms. The first-order valence-corrected chi connectivity index (χ1v) is 10.5. The molecule has 4 rings (SSSR count). The Morgan fingerprint density at radius 3 is 1.84 bits per heavy atom. The molecule has 1 aliphatic heterocycles. The number of nitrogens with one attached hydrogen (secondary N) is 1. The average molecular weight is 433 g/mol. The van der Waals surface area contributed by atoms with Crippen molar-refractivity contribution in [3.63, 3.8) is 0 Å². The fourth-order valence-corrected chi connectivity index (χ4v) is 4.61. The van der Waals surface area contributed by atoms with Crippen molar-refractivity contribution in [2.45, 2.75) is 12.8 Å². The molecule has 0 bridgehead atoms. The normalized spacial score (nSPS) is 20.6. The highest BCUT2D eigenvalue weighted by molar-refractivity contribution is 6.02. The predicted molar refractivity (Wildman–Crippen MR) is 119 cm³/mol. The van der Waals surface area contributed by atoms with E-state index >= 15 is 0 Å². The number of piperidine rings is 1. The number of phenols is 2.